The van der Waals surface area contributed by atoms with Crippen LogP contribution in [-0.4, -0.2) is 29.0 Å². The Labute approximate surface area is 156 Å². The van der Waals surface area contributed by atoms with Gasteiger partial charge in [0.05, 0.1) is 21.5 Å². The highest BCUT2D eigenvalue weighted by atomic mass is 32.1. The second-order valence-corrected chi connectivity index (χ2v) is 7.26. The lowest BCUT2D eigenvalue weighted by atomic mass is 10.2. The normalized spacial score (nSPS) is 11.9. The fourth-order valence-electron chi connectivity index (χ4n) is 2.65. The number of rotatable bonds is 7. The molecule has 3 aromatic rings. The standard InChI is InChI=1S/C19H22N4O2S/c1-13-9-10-17(26-13)14(2)21-22-19-20-16-8-5-4-7-15(16)18(24)23(19)11-6-12-25-3/h4-5,7-10H,6,11-12H2,1-3H3,(H,20,22)/b21-14-. The molecule has 0 unspecified atom stereocenters. The Balaban J connectivity index is 1.97. The number of nitrogens with one attached hydrogen (secondary N) is 1. The maximum atomic E-state index is 12.9. The molecule has 0 aliphatic heterocycles. The lowest BCUT2D eigenvalue weighted by Crippen LogP contribution is -2.25. The minimum absolute atomic E-state index is 0.0750. The Bertz CT molecular complexity index is 991. The van der Waals surface area contributed by atoms with Gasteiger partial charge in [0.2, 0.25) is 5.95 Å². The number of methoxy groups -OCH3 is 1. The number of fused-ring (bicyclic) bond motifs is 1. The van der Waals surface area contributed by atoms with Crippen LogP contribution >= 0.6 is 11.3 Å². The molecule has 1 aromatic carbocycles. The number of hydrazone groups is 1. The summed E-state index contributed by atoms with van der Waals surface area (Å²) in [5, 5.41) is 5.04. The van der Waals surface area contributed by atoms with E-state index >= 15 is 0 Å². The van der Waals surface area contributed by atoms with E-state index in [1.165, 1.54) is 4.88 Å². The molecule has 136 valence electrons. The van der Waals surface area contributed by atoms with E-state index in [0.717, 1.165) is 17.0 Å². The molecule has 1 N–H and O–H groups in total. The number of nitrogens with zero attached hydrogens (tertiary/aromatic N) is 3. The number of hydrogen-bond donors (Lipinski definition) is 1. The van der Waals surface area contributed by atoms with Gasteiger partial charge in [0.15, 0.2) is 0 Å². The Morgan fingerprint density at radius 1 is 1.31 bits per heavy atom. The van der Waals surface area contributed by atoms with Crippen LogP contribution in [0.5, 0.6) is 0 Å². The Kier molecular flexibility index (Phi) is 5.80. The Morgan fingerprint density at radius 2 is 2.12 bits per heavy atom. The Morgan fingerprint density at radius 3 is 2.85 bits per heavy atom. The van der Waals surface area contributed by atoms with Gasteiger partial charge < -0.3 is 4.74 Å². The van der Waals surface area contributed by atoms with Crippen molar-refractivity contribution in [2.24, 2.45) is 5.10 Å². The molecule has 0 radical (unpaired) electrons. The van der Waals surface area contributed by atoms with Gasteiger partial charge in [-0.25, -0.2) is 10.4 Å². The highest BCUT2D eigenvalue weighted by Gasteiger charge is 2.11. The fourth-order valence-corrected chi connectivity index (χ4v) is 3.46. The number of benzene rings is 1. The SMILES string of the molecule is COCCCn1c(N/N=C(/C)c2ccc(C)s2)nc2ccccc2c1=O. The lowest BCUT2D eigenvalue weighted by Gasteiger charge is -2.13. The predicted octanol–water partition coefficient (Wildman–Crippen LogP) is 3.64. The van der Waals surface area contributed by atoms with Gasteiger partial charge in [-0.15, -0.1) is 11.3 Å². The summed E-state index contributed by atoms with van der Waals surface area (Å²) < 4.78 is 6.73. The summed E-state index contributed by atoms with van der Waals surface area (Å²) in [6.45, 7) is 5.09. The second-order valence-electron chi connectivity index (χ2n) is 5.98. The summed E-state index contributed by atoms with van der Waals surface area (Å²) >= 11 is 1.68. The van der Waals surface area contributed by atoms with Gasteiger partial charge in [0.1, 0.15) is 0 Å². The third-order valence-electron chi connectivity index (χ3n) is 4.01. The number of aryl methyl sites for hydroxylation is 1. The zero-order valence-electron chi connectivity index (χ0n) is 15.2. The second kappa shape index (κ2) is 8.25. The fraction of sp³-hybridized carbons (Fsp3) is 0.316. The summed E-state index contributed by atoms with van der Waals surface area (Å²) in [4.78, 5) is 19.8. The molecule has 0 bridgehead atoms. The molecule has 26 heavy (non-hydrogen) atoms. The van der Waals surface area contributed by atoms with Gasteiger partial charge in [0.25, 0.3) is 5.56 Å². The zero-order valence-corrected chi connectivity index (χ0v) is 16.0. The number of anilines is 1. The van der Waals surface area contributed by atoms with Gasteiger partial charge in [-0.1, -0.05) is 12.1 Å². The summed E-state index contributed by atoms with van der Waals surface area (Å²) in [5.41, 5.74) is 4.42. The van der Waals surface area contributed by atoms with Crippen molar-refractivity contribution in [3.63, 3.8) is 0 Å². The number of aromatic nitrogens is 2. The average Bonchev–Trinajstić information content (AvgIpc) is 3.08. The largest absolute Gasteiger partial charge is 0.385 e. The van der Waals surface area contributed by atoms with Crippen LogP contribution in [0.25, 0.3) is 10.9 Å². The van der Waals surface area contributed by atoms with Crippen LogP contribution in [0.4, 0.5) is 5.95 Å². The molecule has 0 fully saturated rings. The van der Waals surface area contributed by atoms with Crippen LogP contribution in [0.3, 0.4) is 0 Å². The van der Waals surface area contributed by atoms with Gasteiger partial charge in [0, 0.05) is 25.1 Å². The van der Waals surface area contributed by atoms with Crippen molar-refractivity contribution in [2.75, 3.05) is 19.1 Å². The smallest absolute Gasteiger partial charge is 0.262 e. The van der Waals surface area contributed by atoms with E-state index in [9.17, 15) is 4.79 Å². The summed E-state index contributed by atoms with van der Waals surface area (Å²) in [7, 11) is 1.65. The number of hydrogen-bond acceptors (Lipinski definition) is 6. The number of para-hydroxylation sites is 1. The van der Waals surface area contributed by atoms with Gasteiger partial charge >= 0.3 is 0 Å². The predicted molar refractivity (Wildman–Crippen MR) is 107 cm³/mol. The summed E-state index contributed by atoms with van der Waals surface area (Å²) in [6.07, 6.45) is 0.720. The van der Waals surface area contributed by atoms with Gasteiger partial charge in [-0.05, 0) is 44.5 Å². The van der Waals surface area contributed by atoms with Crippen molar-refractivity contribution in [1.29, 1.82) is 0 Å². The maximum Gasteiger partial charge on any atom is 0.262 e. The number of ether oxygens (including phenoxy) is 1. The topological polar surface area (TPSA) is 68.5 Å². The van der Waals surface area contributed by atoms with E-state index in [1.54, 1.807) is 29.1 Å². The first kappa shape index (κ1) is 18.3. The van der Waals surface area contributed by atoms with Crippen LogP contribution in [-0.2, 0) is 11.3 Å². The van der Waals surface area contributed by atoms with E-state index in [-0.39, 0.29) is 5.56 Å². The first-order chi connectivity index (χ1) is 12.6. The molecule has 6 nitrogen and oxygen atoms in total. The highest BCUT2D eigenvalue weighted by molar-refractivity contribution is 7.14. The molecular formula is C19H22N4O2S. The zero-order chi connectivity index (χ0) is 18.5. The van der Waals surface area contributed by atoms with Crippen molar-refractivity contribution >= 4 is 33.9 Å². The molecular weight excluding hydrogens is 348 g/mol. The highest BCUT2D eigenvalue weighted by Crippen LogP contribution is 2.17. The van der Waals surface area contributed by atoms with Crippen molar-refractivity contribution in [3.05, 3.63) is 56.5 Å². The van der Waals surface area contributed by atoms with Crippen LogP contribution < -0.4 is 11.0 Å². The van der Waals surface area contributed by atoms with Crippen LogP contribution in [0, 0.1) is 6.92 Å². The molecule has 2 aromatic heterocycles. The van der Waals surface area contributed by atoms with Crippen LogP contribution in [0.2, 0.25) is 0 Å². The molecule has 7 heteroatoms. The minimum atomic E-state index is -0.0750. The van der Waals surface area contributed by atoms with Crippen molar-refractivity contribution in [3.8, 4) is 0 Å². The molecule has 0 aliphatic carbocycles. The molecule has 2 heterocycles. The average molecular weight is 370 g/mol. The third-order valence-corrected chi connectivity index (χ3v) is 5.12. The third kappa shape index (κ3) is 4.00. The van der Waals surface area contributed by atoms with Crippen molar-refractivity contribution < 1.29 is 4.74 Å². The molecule has 0 saturated heterocycles. The molecule has 0 amide bonds. The van der Waals surface area contributed by atoms with Crippen molar-refractivity contribution in [1.82, 2.24) is 9.55 Å². The van der Waals surface area contributed by atoms with Gasteiger partial charge in [-0.3, -0.25) is 9.36 Å². The first-order valence-corrected chi connectivity index (χ1v) is 9.27. The van der Waals surface area contributed by atoms with E-state index < -0.39 is 0 Å². The van der Waals surface area contributed by atoms with E-state index in [4.69, 9.17) is 4.74 Å². The summed E-state index contributed by atoms with van der Waals surface area (Å²) in [5.74, 6) is 0.442. The quantitative estimate of drug-likeness (QED) is 0.392. The lowest BCUT2D eigenvalue weighted by molar-refractivity contribution is 0.190. The van der Waals surface area contributed by atoms with Crippen LogP contribution in [0.15, 0.2) is 46.3 Å². The van der Waals surface area contributed by atoms with E-state index in [0.29, 0.717) is 30.0 Å². The van der Waals surface area contributed by atoms with E-state index in [1.807, 2.05) is 31.2 Å². The monoisotopic (exact) mass is 370 g/mol. The maximum absolute atomic E-state index is 12.9. The van der Waals surface area contributed by atoms with Crippen molar-refractivity contribution in [2.45, 2.75) is 26.8 Å². The molecule has 0 saturated carbocycles. The van der Waals surface area contributed by atoms with Gasteiger partial charge in [-0.2, -0.15) is 5.10 Å². The number of thiophene rings is 1. The molecule has 3 rings (SSSR count). The molecule has 0 aliphatic rings. The Hall–Kier alpha value is -2.51. The summed E-state index contributed by atoms with van der Waals surface area (Å²) in [6, 6.07) is 11.5. The first-order valence-electron chi connectivity index (χ1n) is 8.46. The minimum Gasteiger partial charge on any atom is -0.385 e. The molecule has 0 atom stereocenters. The molecule has 0 spiro atoms. The van der Waals surface area contributed by atoms with E-state index in [2.05, 4.69) is 28.5 Å². The van der Waals surface area contributed by atoms with Crippen LogP contribution in [0.1, 0.15) is 23.1 Å².